The molecule has 0 saturated heterocycles. The topological polar surface area (TPSA) is 64.4 Å². The highest BCUT2D eigenvalue weighted by Crippen LogP contribution is 2.32. The van der Waals surface area contributed by atoms with Crippen molar-refractivity contribution >= 4 is 11.4 Å². The number of nitrogens with zero attached hydrogens (tertiary/aromatic N) is 1. The van der Waals surface area contributed by atoms with Gasteiger partial charge >= 0.3 is 0 Å². The lowest BCUT2D eigenvalue weighted by Gasteiger charge is -2.08. The van der Waals surface area contributed by atoms with E-state index < -0.39 is 0 Å². The molecular weight excluding hydrogens is 220 g/mol. The quantitative estimate of drug-likeness (QED) is 0.609. The Labute approximate surface area is 99.9 Å². The summed E-state index contributed by atoms with van der Waals surface area (Å²) in [5.41, 5.74) is 0.655. The molecule has 1 aromatic rings. The minimum absolute atomic E-state index is 0.0802. The maximum Gasteiger partial charge on any atom is 0.296 e. The van der Waals surface area contributed by atoms with Crippen LogP contribution < -0.4 is 10.1 Å². The molecule has 1 aromatic carbocycles. The molecule has 1 N–H and O–H groups in total. The summed E-state index contributed by atoms with van der Waals surface area (Å²) >= 11 is 0. The van der Waals surface area contributed by atoms with Crippen LogP contribution in [0.1, 0.15) is 19.8 Å². The second kappa shape index (κ2) is 5.03. The lowest BCUT2D eigenvalue weighted by atomic mass is 10.2. The average molecular weight is 236 g/mol. The average Bonchev–Trinajstić information content (AvgIpc) is 3.11. The SMILES string of the molecule is CCOc1ccc(NCC2CC2)c([N+](=O)[O-])c1. The number of nitrogens with one attached hydrogen (secondary N) is 1. The summed E-state index contributed by atoms with van der Waals surface area (Å²) in [6, 6.07) is 4.94. The van der Waals surface area contributed by atoms with Crippen LogP contribution in [-0.4, -0.2) is 18.1 Å². The molecule has 0 atom stereocenters. The van der Waals surface area contributed by atoms with Crippen molar-refractivity contribution in [2.45, 2.75) is 19.8 Å². The third-order valence-electron chi connectivity index (χ3n) is 2.76. The Balaban J connectivity index is 2.14. The molecule has 0 spiro atoms. The van der Waals surface area contributed by atoms with E-state index >= 15 is 0 Å². The van der Waals surface area contributed by atoms with Gasteiger partial charge in [0.15, 0.2) is 0 Å². The number of benzene rings is 1. The van der Waals surface area contributed by atoms with E-state index in [2.05, 4.69) is 5.32 Å². The first-order valence-electron chi connectivity index (χ1n) is 5.85. The van der Waals surface area contributed by atoms with Gasteiger partial charge in [-0.25, -0.2) is 0 Å². The van der Waals surface area contributed by atoms with Crippen LogP contribution in [0.3, 0.4) is 0 Å². The summed E-state index contributed by atoms with van der Waals surface area (Å²) < 4.78 is 5.26. The van der Waals surface area contributed by atoms with Gasteiger partial charge in [0.2, 0.25) is 0 Å². The van der Waals surface area contributed by atoms with Crippen molar-refractivity contribution in [2.24, 2.45) is 5.92 Å². The fraction of sp³-hybridized carbons (Fsp3) is 0.500. The van der Waals surface area contributed by atoms with E-state index in [9.17, 15) is 10.1 Å². The predicted molar refractivity (Wildman–Crippen MR) is 65.5 cm³/mol. The number of anilines is 1. The van der Waals surface area contributed by atoms with Crippen molar-refractivity contribution in [1.29, 1.82) is 0 Å². The van der Waals surface area contributed by atoms with Crippen molar-refractivity contribution in [3.8, 4) is 5.75 Å². The van der Waals surface area contributed by atoms with E-state index in [1.54, 1.807) is 12.1 Å². The molecule has 2 rings (SSSR count). The van der Waals surface area contributed by atoms with Gasteiger partial charge in [-0.05, 0) is 37.8 Å². The Kier molecular flexibility index (Phi) is 3.46. The van der Waals surface area contributed by atoms with Crippen LogP contribution in [0.15, 0.2) is 18.2 Å². The van der Waals surface area contributed by atoms with Gasteiger partial charge in [-0.3, -0.25) is 10.1 Å². The van der Waals surface area contributed by atoms with Crippen LogP contribution in [0, 0.1) is 16.0 Å². The monoisotopic (exact) mass is 236 g/mol. The second-order valence-electron chi connectivity index (χ2n) is 4.19. The second-order valence-corrected chi connectivity index (χ2v) is 4.19. The standard InChI is InChI=1S/C12H16N2O3/c1-2-17-10-5-6-11(12(7-10)14(15)16)13-8-9-3-4-9/h5-7,9,13H,2-4,8H2,1H3. The summed E-state index contributed by atoms with van der Waals surface area (Å²) in [5.74, 6) is 1.22. The maximum atomic E-state index is 10.9. The molecule has 1 saturated carbocycles. The number of nitro benzene ring substituents is 1. The van der Waals surface area contributed by atoms with E-state index in [1.165, 1.54) is 18.9 Å². The summed E-state index contributed by atoms with van der Waals surface area (Å²) in [6.07, 6.45) is 2.44. The van der Waals surface area contributed by atoms with Gasteiger partial charge in [0.05, 0.1) is 17.6 Å². The summed E-state index contributed by atoms with van der Waals surface area (Å²) in [5, 5.41) is 14.1. The lowest BCUT2D eigenvalue weighted by molar-refractivity contribution is -0.384. The molecular formula is C12H16N2O3. The van der Waals surface area contributed by atoms with E-state index in [0.717, 1.165) is 6.54 Å². The van der Waals surface area contributed by atoms with Crippen LogP contribution in [0.4, 0.5) is 11.4 Å². The van der Waals surface area contributed by atoms with Crippen LogP contribution in [0.5, 0.6) is 5.75 Å². The normalized spacial score (nSPS) is 14.4. The molecule has 0 unspecified atom stereocenters. The van der Waals surface area contributed by atoms with E-state index in [-0.39, 0.29) is 10.6 Å². The molecule has 1 aliphatic carbocycles. The van der Waals surface area contributed by atoms with Gasteiger partial charge < -0.3 is 10.1 Å². The molecule has 0 aromatic heterocycles. The van der Waals surface area contributed by atoms with Gasteiger partial charge in [-0.2, -0.15) is 0 Å². The van der Waals surface area contributed by atoms with Crippen LogP contribution >= 0.6 is 0 Å². The third kappa shape index (κ3) is 3.09. The van der Waals surface area contributed by atoms with Crippen LogP contribution in [0.25, 0.3) is 0 Å². The molecule has 0 amide bonds. The Bertz CT molecular complexity index is 416. The van der Waals surface area contributed by atoms with Crippen molar-refractivity contribution in [3.05, 3.63) is 28.3 Å². The van der Waals surface area contributed by atoms with Gasteiger partial charge in [-0.15, -0.1) is 0 Å². The van der Waals surface area contributed by atoms with Crippen molar-refractivity contribution in [2.75, 3.05) is 18.5 Å². The van der Waals surface area contributed by atoms with E-state index in [0.29, 0.717) is 24.0 Å². The Morgan fingerprint density at radius 3 is 2.88 bits per heavy atom. The minimum atomic E-state index is -0.377. The van der Waals surface area contributed by atoms with Crippen molar-refractivity contribution in [3.63, 3.8) is 0 Å². The van der Waals surface area contributed by atoms with Gasteiger partial charge in [-0.1, -0.05) is 0 Å². The first-order chi connectivity index (χ1) is 8.20. The largest absolute Gasteiger partial charge is 0.494 e. The predicted octanol–water partition coefficient (Wildman–Crippen LogP) is 2.82. The molecule has 1 fully saturated rings. The fourth-order valence-electron chi connectivity index (χ4n) is 1.64. The highest BCUT2D eigenvalue weighted by Gasteiger charge is 2.22. The highest BCUT2D eigenvalue weighted by atomic mass is 16.6. The first-order valence-corrected chi connectivity index (χ1v) is 5.85. The number of rotatable bonds is 6. The molecule has 5 heteroatoms. The molecule has 1 aliphatic rings. The molecule has 0 aliphatic heterocycles. The zero-order valence-electron chi connectivity index (χ0n) is 9.81. The summed E-state index contributed by atoms with van der Waals surface area (Å²) in [7, 11) is 0. The molecule has 92 valence electrons. The molecule has 0 heterocycles. The molecule has 5 nitrogen and oxygen atoms in total. The van der Waals surface area contributed by atoms with Crippen molar-refractivity contribution < 1.29 is 9.66 Å². The summed E-state index contributed by atoms with van der Waals surface area (Å²) in [4.78, 5) is 10.6. The Hall–Kier alpha value is -1.78. The zero-order chi connectivity index (χ0) is 12.3. The number of ether oxygens (including phenoxy) is 1. The van der Waals surface area contributed by atoms with Crippen LogP contribution in [-0.2, 0) is 0 Å². The lowest BCUT2D eigenvalue weighted by Crippen LogP contribution is -2.06. The minimum Gasteiger partial charge on any atom is -0.494 e. The van der Waals surface area contributed by atoms with Crippen molar-refractivity contribution in [1.82, 2.24) is 0 Å². The smallest absolute Gasteiger partial charge is 0.296 e. The molecule has 17 heavy (non-hydrogen) atoms. The van der Waals surface area contributed by atoms with Gasteiger partial charge in [0.1, 0.15) is 11.4 Å². The summed E-state index contributed by atoms with van der Waals surface area (Å²) in [6.45, 7) is 3.17. The molecule has 0 radical (unpaired) electrons. The van der Waals surface area contributed by atoms with Gasteiger partial charge in [0, 0.05) is 6.54 Å². The Morgan fingerprint density at radius 1 is 1.53 bits per heavy atom. The number of hydrogen-bond donors (Lipinski definition) is 1. The Morgan fingerprint density at radius 2 is 2.29 bits per heavy atom. The zero-order valence-corrected chi connectivity index (χ0v) is 9.81. The van der Waals surface area contributed by atoms with Gasteiger partial charge in [0.25, 0.3) is 5.69 Å². The van der Waals surface area contributed by atoms with E-state index in [1.807, 2.05) is 6.92 Å². The highest BCUT2D eigenvalue weighted by molar-refractivity contribution is 5.63. The number of nitro groups is 1. The molecule has 0 bridgehead atoms. The fourth-order valence-corrected chi connectivity index (χ4v) is 1.64. The van der Waals surface area contributed by atoms with E-state index in [4.69, 9.17) is 4.74 Å². The first kappa shape index (κ1) is 11.7. The van der Waals surface area contributed by atoms with Crippen LogP contribution in [0.2, 0.25) is 0 Å². The third-order valence-corrected chi connectivity index (χ3v) is 2.76. The maximum absolute atomic E-state index is 10.9. The number of hydrogen-bond acceptors (Lipinski definition) is 4.